The van der Waals surface area contributed by atoms with Crippen LogP contribution in [0.1, 0.15) is 36.1 Å². The molecule has 0 radical (unpaired) electrons. The molecule has 0 aromatic heterocycles. The second-order valence-electron chi connectivity index (χ2n) is 4.57. The molecule has 0 aliphatic rings. The summed E-state index contributed by atoms with van der Waals surface area (Å²) in [6, 6.07) is 19.0. The largest absolute Gasteiger partial charge is 0.369 e. The molecule has 0 N–H and O–H groups in total. The highest BCUT2D eigenvalue weighted by molar-refractivity contribution is 5.31. The monoisotopic (exact) mass is 240 g/mol. The molecule has 18 heavy (non-hydrogen) atoms. The summed E-state index contributed by atoms with van der Waals surface area (Å²) in [6.45, 7) is 5.03. The normalized spacial score (nSPS) is 12.3. The number of aryl methyl sites for hydroxylation is 1. The molecule has 1 nitrogen and oxygen atoms in total. The molecule has 0 heterocycles. The molecule has 0 amide bonds. The highest BCUT2D eigenvalue weighted by Gasteiger charge is 2.13. The molecule has 1 unspecified atom stereocenters. The molecule has 0 bridgehead atoms. The van der Waals surface area contributed by atoms with Gasteiger partial charge in [0.05, 0.1) is 0 Å². The topological polar surface area (TPSA) is 9.23 Å². The van der Waals surface area contributed by atoms with Gasteiger partial charge >= 0.3 is 0 Å². The van der Waals surface area contributed by atoms with Crippen molar-refractivity contribution in [3.8, 4) is 0 Å². The van der Waals surface area contributed by atoms with Crippen molar-refractivity contribution in [2.24, 2.45) is 0 Å². The highest BCUT2D eigenvalue weighted by Crippen LogP contribution is 2.26. The molecule has 2 rings (SSSR count). The van der Waals surface area contributed by atoms with Crippen LogP contribution in [0, 0.1) is 6.92 Å². The van der Waals surface area contributed by atoms with Crippen molar-refractivity contribution in [3.05, 3.63) is 71.3 Å². The lowest BCUT2D eigenvalue weighted by Gasteiger charge is -2.18. The first-order chi connectivity index (χ1) is 8.81. The van der Waals surface area contributed by atoms with E-state index in [2.05, 4.69) is 62.4 Å². The predicted octanol–water partition coefficient (Wildman–Crippen LogP) is 4.51. The van der Waals surface area contributed by atoms with Crippen LogP contribution >= 0.6 is 0 Å². The summed E-state index contributed by atoms with van der Waals surface area (Å²) >= 11 is 0. The maximum absolute atomic E-state index is 6.00. The molecule has 0 saturated heterocycles. The van der Waals surface area contributed by atoms with Crippen molar-refractivity contribution < 1.29 is 4.74 Å². The van der Waals surface area contributed by atoms with Crippen molar-refractivity contribution in [2.45, 2.75) is 26.4 Å². The number of hydrogen-bond acceptors (Lipinski definition) is 1. The average Bonchev–Trinajstić information content (AvgIpc) is 2.42. The molecular formula is C17H20O. The molecule has 1 atom stereocenters. The molecule has 0 aliphatic heterocycles. The van der Waals surface area contributed by atoms with Gasteiger partial charge in [0.2, 0.25) is 0 Å². The molecule has 94 valence electrons. The van der Waals surface area contributed by atoms with Crippen molar-refractivity contribution >= 4 is 0 Å². The lowest BCUT2D eigenvalue weighted by atomic mass is 10.0. The smallest absolute Gasteiger partial charge is 0.108 e. The first-order valence-corrected chi connectivity index (χ1v) is 6.54. The van der Waals surface area contributed by atoms with Crippen LogP contribution in [0.25, 0.3) is 0 Å². The van der Waals surface area contributed by atoms with Gasteiger partial charge in [-0.3, -0.25) is 0 Å². The van der Waals surface area contributed by atoms with Crippen LogP contribution < -0.4 is 0 Å². The van der Waals surface area contributed by atoms with E-state index in [4.69, 9.17) is 4.74 Å². The Bertz CT molecular complexity index is 459. The zero-order chi connectivity index (χ0) is 12.8. The summed E-state index contributed by atoms with van der Waals surface area (Å²) in [6.07, 6.45) is 1.08. The first-order valence-electron chi connectivity index (χ1n) is 6.54. The van der Waals surface area contributed by atoms with Gasteiger partial charge < -0.3 is 4.74 Å². The third kappa shape index (κ3) is 3.21. The zero-order valence-corrected chi connectivity index (χ0v) is 11.1. The van der Waals surface area contributed by atoms with Gasteiger partial charge in [0.25, 0.3) is 0 Å². The van der Waals surface area contributed by atoms with Gasteiger partial charge in [-0.05, 0) is 24.5 Å². The number of ether oxygens (including phenoxy) is 1. The Morgan fingerprint density at radius 2 is 1.50 bits per heavy atom. The SMILES string of the molecule is CCCOC(c1ccccc1)c1ccc(C)cc1. The van der Waals surface area contributed by atoms with E-state index in [1.54, 1.807) is 0 Å². The van der Waals surface area contributed by atoms with Gasteiger partial charge in [0.1, 0.15) is 6.10 Å². The van der Waals surface area contributed by atoms with E-state index in [-0.39, 0.29) is 6.10 Å². The second-order valence-corrected chi connectivity index (χ2v) is 4.57. The van der Waals surface area contributed by atoms with Crippen molar-refractivity contribution in [1.29, 1.82) is 0 Å². The third-order valence-electron chi connectivity index (χ3n) is 2.97. The molecule has 2 aromatic carbocycles. The summed E-state index contributed by atoms with van der Waals surface area (Å²) in [5, 5.41) is 0. The van der Waals surface area contributed by atoms with Gasteiger partial charge in [0.15, 0.2) is 0 Å². The number of benzene rings is 2. The van der Waals surface area contributed by atoms with Crippen LogP contribution in [-0.4, -0.2) is 6.61 Å². The van der Waals surface area contributed by atoms with Crippen LogP contribution in [0.3, 0.4) is 0 Å². The number of rotatable bonds is 5. The van der Waals surface area contributed by atoms with Crippen LogP contribution in [0.5, 0.6) is 0 Å². The fourth-order valence-electron chi connectivity index (χ4n) is 1.99. The minimum absolute atomic E-state index is 0.0479. The van der Waals surface area contributed by atoms with Crippen molar-refractivity contribution in [2.75, 3.05) is 6.61 Å². The van der Waals surface area contributed by atoms with E-state index >= 15 is 0 Å². The van der Waals surface area contributed by atoms with Crippen LogP contribution in [-0.2, 0) is 4.74 Å². The standard InChI is InChI=1S/C17H20O/c1-3-13-18-17(15-7-5-4-6-8-15)16-11-9-14(2)10-12-16/h4-12,17H,3,13H2,1-2H3. The van der Waals surface area contributed by atoms with E-state index in [1.165, 1.54) is 16.7 Å². The van der Waals surface area contributed by atoms with Crippen LogP contribution in [0.2, 0.25) is 0 Å². The minimum Gasteiger partial charge on any atom is -0.369 e. The first kappa shape index (κ1) is 12.8. The van der Waals surface area contributed by atoms with Gasteiger partial charge in [-0.25, -0.2) is 0 Å². The summed E-state index contributed by atoms with van der Waals surface area (Å²) in [7, 11) is 0. The van der Waals surface area contributed by atoms with Crippen molar-refractivity contribution in [1.82, 2.24) is 0 Å². The Morgan fingerprint density at radius 3 is 2.11 bits per heavy atom. The second kappa shape index (κ2) is 6.36. The summed E-state index contributed by atoms with van der Waals surface area (Å²) in [5.74, 6) is 0. The quantitative estimate of drug-likeness (QED) is 0.747. The lowest BCUT2D eigenvalue weighted by molar-refractivity contribution is 0.0806. The fourth-order valence-corrected chi connectivity index (χ4v) is 1.99. The summed E-state index contributed by atoms with van der Waals surface area (Å²) < 4.78 is 6.00. The Balaban J connectivity index is 2.27. The third-order valence-corrected chi connectivity index (χ3v) is 2.97. The Labute approximate surface area is 109 Å². The Hall–Kier alpha value is -1.60. The molecule has 0 fully saturated rings. The van der Waals surface area contributed by atoms with Gasteiger partial charge in [-0.2, -0.15) is 0 Å². The predicted molar refractivity (Wildman–Crippen MR) is 75.7 cm³/mol. The molecule has 0 aliphatic carbocycles. The van der Waals surface area contributed by atoms with Gasteiger partial charge in [-0.15, -0.1) is 0 Å². The maximum atomic E-state index is 6.00. The van der Waals surface area contributed by atoms with Gasteiger partial charge in [0, 0.05) is 6.61 Å². The zero-order valence-electron chi connectivity index (χ0n) is 11.1. The maximum Gasteiger partial charge on any atom is 0.108 e. The average molecular weight is 240 g/mol. The van der Waals surface area contributed by atoms with Gasteiger partial charge in [-0.1, -0.05) is 67.1 Å². The fraction of sp³-hybridized carbons (Fsp3) is 0.294. The lowest BCUT2D eigenvalue weighted by Crippen LogP contribution is -2.07. The molecular weight excluding hydrogens is 220 g/mol. The Kier molecular flexibility index (Phi) is 4.54. The van der Waals surface area contributed by atoms with Crippen LogP contribution in [0.4, 0.5) is 0 Å². The minimum atomic E-state index is 0.0479. The molecule has 2 aromatic rings. The van der Waals surface area contributed by atoms with Crippen LogP contribution in [0.15, 0.2) is 54.6 Å². The Morgan fingerprint density at radius 1 is 0.889 bits per heavy atom. The van der Waals surface area contributed by atoms with E-state index in [0.717, 1.165) is 13.0 Å². The molecule has 0 saturated carbocycles. The van der Waals surface area contributed by atoms with E-state index < -0.39 is 0 Å². The molecule has 0 spiro atoms. The van der Waals surface area contributed by atoms with E-state index in [9.17, 15) is 0 Å². The van der Waals surface area contributed by atoms with E-state index in [1.807, 2.05) is 6.07 Å². The summed E-state index contributed by atoms with van der Waals surface area (Å²) in [5.41, 5.74) is 3.72. The highest BCUT2D eigenvalue weighted by atomic mass is 16.5. The number of hydrogen-bond donors (Lipinski definition) is 0. The summed E-state index contributed by atoms with van der Waals surface area (Å²) in [4.78, 5) is 0. The molecule has 1 heteroatoms. The van der Waals surface area contributed by atoms with Crippen molar-refractivity contribution in [3.63, 3.8) is 0 Å². The van der Waals surface area contributed by atoms with E-state index in [0.29, 0.717) is 0 Å².